The van der Waals surface area contributed by atoms with Gasteiger partial charge in [0.25, 0.3) is 5.91 Å². The number of carbonyl (C=O) groups is 1. The van der Waals surface area contributed by atoms with Crippen LogP contribution in [0.5, 0.6) is 5.88 Å². The molecule has 0 aromatic carbocycles. The fourth-order valence-electron chi connectivity index (χ4n) is 0.709. The lowest BCUT2D eigenvalue weighted by Crippen LogP contribution is -2.06. The van der Waals surface area contributed by atoms with Gasteiger partial charge in [-0.05, 0) is 6.07 Å². The van der Waals surface area contributed by atoms with Crippen LogP contribution >= 0.6 is 0 Å². The van der Waals surface area contributed by atoms with Crippen molar-refractivity contribution in [3.8, 4) is 17.7 Å². The number of pyridine rings is 1. The van der Waals surface area contributed by atoms with Crippen LogP contribution in [-0.2, 0) is 4.79 Å². The number of nitrogens with two attached hydrogens (primary N) is 1. The maximum atomic E-state index is 10.3. The van der Waals surface area contributed by atoms with Crippen molar-refractivity contribution < 1.29 is 9.53 Å². The highest BCUT2D eigenvalue weighted by Crippen LogP contribution is 2.04. The topological polar surface area (TPSA) is 65.2 Å². The van der Waals surface area contributed by atoms with Crippen LogP contribution < -0.4 is 10.5 Å². The van der Waals surface area contributed by atoms with Crippen LogP contribution in [0, 0.1) is 11.8 Å². The molecule has 1 heterocycles. The van der Waals surface area contributed by atoms with Crippen molar-refractivity contribution >= 4 is 5.91 Å². The van der Waals surface area contributed by atoms with Crippen LogP contribution in [-0.4, -0.2) is 18.0 Å². The first-order chi connectivity index (χ1) is 6.22. The molecule has 0 bridgehead atoms. The zero-order chi connectivity index (χ0) is 9.68. The first-order valence-corrected chi connectivity index (χ1v) is 3.54. The third-order valence-corrected chi connectivity index (χ3v) is 1.28. The molecule has 4 nitrogen and oxygen atoms in total. The van der Waals surface area contributed by atoms with Gasteiger partial charge in [0.15, 0.2) is 0 Å². The summed E-state index contributed by atoms with van der Waals surface area (Å²) in [6, 6.07) is 3.35. The molecule has 0 aliphatic carbocycles. The number of ether oxygens (including phenoxy) is 1. The van der Waals surface area contributed by atoms with Gasteiger partial charge >= 0.3 is 0 Å². The van der Waals surface area contributed by atoms with Crippen LogP contribution in [0.2, 0.25) is 0 Å². The van der Waals surface area contributed by atoms with E-state index in [9.17, 15) is 4.79 Å². The van der Waals surface area contributed by atoms with Crippen molar-refractivity contribution in [3.63, 3.8) is 0 Å². The average Bonchev–Trinajstić information content (AvgIpc) is 2.15. The summed E-state index contributed by atoms with van der Waals surface area (Å²) in [6.45, 7) is 0. The summed E-state index contributed by atoms with van der Waals surface area (Å²) in [5.74, 6) is 4.61. The first-order valence-electron chi connectivity index (χ1n) is 3.54. The van der Waals surface area contributed by atoms with Crippen molar-refractivity contribution in [2.45, 2.75) is 0 Å². The maximum Gasteiger partial charge on any atom is 0.293 e. The summed E-state index contributed by atoms with van der Waals surface area (Å²) >= 11 is 0. The SMILES string of the molecule is COc1ccc(C#CC(N)=O)cn1. The number of amides is 1. The molecular formula is C9H8N2O2. The Hall–Kier alpha value is -2.02. The number of carbonyl (C=O) groups excluding carboxylic acids is 1. The predicted molar refractivity (Wildman–Crippen MR) is 46.9 cm³/mol. The molecule has 0 saturated carbocycles. The van der Waals surface area contributed by atoms with Crippen LogP contribution in [0.25, 0.3) is 0 Å². The minimum atomic E-state index is -0.657. The van der Waals surface area contributed by atoms with E-state index >= 15 is 0 Å². The van der Waals surface area contributed by atoms with E-state index in [1.54, 1.807) is 12.1 Å². The summed E-state index contributed by atoms with van der Waals surface area (Å²) in [7, 11) is 1.52. The standard InChI is InChI=1S/C9H8N2O2/c1-13-9-5-3-7(6-11-9)2-4-8(10)12/h3,5-6H,1H3,(H2,10,12). The Bertz CT molecular complexity index is 359. The smallest absolute Gasteiger partial charge is 0.293 e. The molecule has 0 aliphatic heterocycles. The molecule has 13 heavy (non-hydrogen) atoms. The molecule has 4 heteroatoms. The lowest BCUT2D eigenvalue weighted by Gasteiger charge is -1.95. The Morgan fingerprint density at radius 1 is 1.62 bits per heavy atom. The third-order valence-electron chi connectivity index (χ3n) is 1.28. The summed E-state index contributed by atoms with van der Waals surface area (Å²) in [6.07, 6.45) is 1.51. The number of methoxy groups -OCH3 is 1. The number of nitrogens with zero attached hydrogens (tertiary/aromatic N) is 1. The highest BCUT2D eigenvalue weighted by Gasteiger charge is 1.91. The highest BCUT2D eigenvalue weighted by molar-refractivity contribution is 5.92. The van der Waals surface area contributed by atoms with E-state index in [0.717, 1.165) is 0 Å². The Morgan fingerprint density at radius 3 is 2.85 bits per heavy atom. The van der Waals surface area contributed by atoms with Gasteiger partial charge in [-0.3, -0.25) is 4.79 Å². The molecule has 1 amide bonds. The van der Waals surface area contributed by atoms with E-state index < -0.39 is 5.91 Å². The molecule has 0 spiro atoms. The summed E-state index contributed by atoms with van der Waals surface area (Å²) < 4.78 is 4.84. The van der Waals surface area contributed by atoms with Crippen molar-refractivity contribution in [2.75, 3.05) is 7.11 Å². The van der Waals surface area contributed by atoms with Gasteiger partial charge < -0.3 is 10.5 Å². The van der Waals surface area contributed by atoms with E-state index in [1.165, 1.54) is 13.3 Å². The van der Waals surface area contributed by atoms with Crippen molar-refractivity contribution in [2.24, 2.45) is 5.73 Å². The Balaban J connectivity index is 2.83. The zero-order valence-corrected chi connectivity index (χ0v) is 7.07. The first kappa shape index (κ1) is 9.07. The summed E-state index contributed by atoms with van der Waals surface area (Å²) in [5.41, 5.74) is 5.46. The average molecular weight is 176 g/mol. The minimum absolute atomic E-state index is 0.504. The molecular weight excluding hydrogens is 168 g/mol. The fraction of sp³-hybridized carbons (Fsp3) is 0.111. The minimum Gasteiger partial charge on any atom is -0.481 e. The Kier molecular flexibility index (Phi) is 2.87. The normalized spacial score (nSPS) is 8.38. The molecule has 0 aliphatic rings. The molecule has 0 fully saturated rings. The van der Waals surface area contributed by atoms with Crippen molar-refractivity contribution in [1.29, 1.82) is 0 Å². The Labute approximate surface area is 75.7 Å². The van der Waals surface area contributed by atoms with Crippen LogP contribution in [0.15, 0.2) is 18.3 Å². The largest absolute Gasteiger partial charge is 0.481 e. The Morgan fingerprint density at radius 2 is 2.38 bits per heavy atom. The second-order valence-corrected chi connectivity index (χ2v) is 2.20. The molecule has 0 atom stereocenters. The number of hydrogen-bond donors (Lipinski definition) is 1. The molecule has 1 rings (SSSR count). The predicted octanol–water partition coefficient (Wildman–Crippen LogP) is -0.0730. The number of hydrogen-bond acceptors (Lipinski definition) is 3. The van der Waals surface area contributed by atoms with E-state index in [-0.39, 0.29) is 0 Å². The van der Waals surface area contributed by atoms with Gasteiger partial charge in [0.1, 0.15) is 0 Å². The fourth-order valence-corrected chi connectivity index (χ4v) is 0.709. The number of primary amides is 1. The number of rotatable bonds is 1. The maximum absolute atomic E-state index is 10.3. The van der Waals surface area contributed by atoms with Gasteiger partial charge in [0.05, 0.1) is 7.11 Å². The van der Waals surface area contributed by atoms with E-state index in [2.05, 4.69) is 16.8 Å². The van der Waals surface area contributed by atoms with Gasteiger partial charge in [-0.1, -0.05) is 5.92 Å². The summed E-state index contributed by atoms with van der Waals surface area (Å²) in [5, 5.41) is 0. The molecule has 0 saturated heterocycles. The lowest BCUT2D eigenvalue weighted by molar-refractivity contribution is -0.112. The van der Waals surface area contributed by atoms with Crippen LogP contribution in [0.3, 0.4) is 0 Å². The van der Waals surface area contributed by atoms with Crippen molar-refractivity contribution in [3.05, 3.63) is 23.9 Å². The molecule has 1 aromatic rings. The summed E-state index contributed by atoms with van der Waals surface area (Å²) in [4.78, 5) is 14.2. The second-order valence-electron chi connectivity index (χ2n) is 2.20. The quantitative estimate of drug-likeness (QED) is 0.609. The zero-order valence-electron chi connectivity index (χ0n) is 7.07. The monoisotopic (exact) mass is 176 g/mol. The third kappa shape index (κ3) is 2.83. The molecule has 0 radical (unpaired) electrons. The molecule has 2 N–H and O–H groups in total. The van der Waals surface area contributed by atoms with Gasteiger partial charge in [-0.25, -0.2) is 4.98 Å². The van der Waals surface area contributed by atoms with Crippen LogP contribution in [0.1, 0.15) is 5.56 Å². The van der Waals surface area contributed by atoms with E-state index in [4.69, 9.17) is 10.5 Å². The van der Waals surface area contributed by atoms with Gasteiger partial charge in [0, 0.05) is 23.7 Å². The van der Waals surface area contributed by atoms with E-state index in [1.807, 2.05) is 0 Å². The molecule has 1 aromatic heterocycles. The number of aromatic nitrogens is 1. The van der Waals surface area contributed by atoms with Crippen molar-refractivity contribution in [1.82, 2.24) is 4.98 Å². The molecule has 0 unspecified atom stereocenters. The lowest BCUT2D eigenvalue weighted by atomic mass is 10.3. The highest BCUT2D eigenvalue weighted by atomic mass is 16.5. The second kappa shape index (κ2) is 4.12. The van der Waals surface area contributed by atoms with Gasteiger partial charge in [-0.2, -0.15) is 0 Å². The van der Waals surface area contributed by atoms with Gasteiger partial charge in [-0.15, -0.1) is 0 Å². The van der Waals surface area contributed by atoms with Crippen LogP contribution in [0.4, 0.5) is 0 Å². The van der Waals surface area contributed by atoms with E-state index in [0.29, 0.717) is 11.4 Å². The molecule has 66 valence electrons. The van der Waals surface area contributed by atoms with Gasteiger partial charge in [0.2, 0.25) is 5.88 Å².